The van der Waals surface area contributed by atoms with E-state index in [1.165, 1.54) is 50.5 Å². The smallest absolute Gasteiger partial charge is 0.0758 e. The maximum atomic E-state index is 10.7. The van der Waals surface area contributed by atoms with Gasteiger partial charge in [-0.25, -0.2) is 0 Å². The average Bonchev–Trinajstić information content (AvgIpc) is 2.83. The average molecular weight is 346 g/mol. The van der Waals surface area contributed by atoms with E-state index in [-0.39, 0.29) is 11.5 Å². The van der Waals surface area contributed by atoms with Gasteiger partial charge in [0.1, 0.15) is 0 Å². The van der Waals surface area contributed by atoms with Crippen molar-refractivity contribution in [1.82, 2.24) is 4.90 Å². The highest BCUT2D eigenvalue weighted by molar-refractivity contribution is 5.27. The van der Waals surface area contributed by atoms with Gasteiger partial charge in [-0.1, -0.05) is 19.9 Å². The molecule has 142 valence electrons. The summed E-state index contributed by atoms with van der Waals surface area (Å²) < 4.78 is 0. The molecule has 0 aromatic rings. The molecule has 25 heavy (non-hydrogen) atoms. The molecular formula is C23H39NO. The van der Waals surface area contributed by atoms with Crippen molar-refractivity contribution < 1.29 is 5.11 Å². The molecule has 1 N–H and O–H groups in total. The molecule has 4 saturated carbocycles. The summed E-state index contributed by atoms with van der Waals surface area (Å²) >= 11 is 0. The second-order valence-corrected chi connectivity index (χ2v) is 10.5. The fourth-order valence-electron chi connectivity index (χ4n) is 8.09. The van der Waals surface area contributed by atoms with Crippen LogP contribution in [0.3, 0.4) is 0 Å². The van der Waals surface area contributed by atoms with Crippen LogP contribution in [0.5, 0.6) is 0 Å². The molecular weight excluding hydrogens is 306 g/mol. The minimum absolute atomic E-state index is 0.172. The topological polar surface area (TPSA) is 23.5 Å². The fourth-order valence-corrected chi connectivity index (χ4v) is 8.09. The number of hydrogen-bond donors (Lipinski definition) is 1. The van der Waals surface area contributed by atoms with Gasteiger partial charge in [0.2, 0.25) is 0 Å². The number of fused-ring (bicyclic) bond motifs is 5. The van der Waals surface area contributed by atoms with Gasteiger partial charge in [-0.15, -0.1) is 0 Å². The minimum atomic E-state index is -0.172. The van der Waals surface area contributed by atoms with Crippen molar-refractivity contribution in [3.8, 4) is 0 Å². The van der Waals surface area contributed by atoms with Crippen LogP contribution in [0.2, 0.25) is 0 Å². The van der Waals surface area contributed by atoms with E-state index in [1.807, 2.05) is 0 Å². The summed E-state index contributed by atoms with van der Waals surface area (Å²) in [4.78, 5) is 2.47. The molecule has 2 nitrogen and oxygen atoms in total. The lowest BCUT2D eigenvalue weighted by atomic mass is 9.45. The third-order valence-corrected chi connectivity index (χ3v) is 9.56. The molecule has 1 unspecified atom stereocenters. The van der Waals surface area contributed by atoms with Crippen LogP contribution in [-0.4, -0.2) is 36.2 Å². The monoisotopic (exact) mass is 345 g/mol. The lowest BCUT2D eigenvalue weighted by Gasteiger charge is -2.61. The molecule has 0 aliphatic heterocycles. The van der Waals surface area contributed by atoms with E-state index >= 15 is 0 Å². The highest BCUT2D eigenvalue weighted by Crippen LogP contribution is 2.67. The van der Waals surface area contributed by atoms with E-state index < -0.39 is 0 Å². The normalized spacial score (nSPS) is 54.3. The molecule has 0 bridgehead atoms. The Morgan fingerprint density at radius 3 is 2.44 bits per heavy atom. The second kappa shape index (κ2) is 6.09. The molecule has 0 aromatic heterocycles. The Labute approximate surface area is 155 Å². The first-order chi connectivity index (χ1) is 11.8. The van der Waals surface area contributed by atoms with Gasteiger partial charge in [0.05, 0.1) is 6.10 Å². The van der Waals surface area contributed by atoms with Crippen molar-refractivity contribution in [3.63, 3.8) is 0 Å². The van der Waals surface area contributed by atoms with Crippen LogP contribution in [0.4, 0.5) is 0 Å². The van der Waals surface area contributed by atoms with Gasteiger partial charge in [-0.05, 0) is 112 Å². The van der Waals surface area contributed by atoms with E-state index in [0.29, 0.717) is 5.41 Å². The highest BCUT2D eigenvalue weighted by atomic mass is 16.3. The van der Waals surface area contributed by atoms with E-state index in [0.717, 1.165) is 36.1 Å². The first-order valence-electron chi connectivity index (χ1n) is 10.8. The van der Waals surface area contributed by atoms with E-state index in [9.17, 15) is 5.11 Å². The van der Waals surface area contributed by atoms with Gasteiger partial charge in [0.15, 0.2) is 0 Å². The molecule has 4 fully saturated rings. The predicted molar refractivity (Wildman–Crippen MR) is 104 cm³/mol. The number of nitrogens with zero attached hydrogens (tertiary/aromatic N) is 1. The number of hydrogen-bond acceptors (Lipinski definition) is 2. The van der Waals surface area contributed by atoms with Crippen molar-refractivity contribution in [2.75, 3.05) is 14.1 Å². The molecule has 4 rings (SSSR count). The summed E-state index contributed by atoms with van der Waals surface area (Å²) in [6, 6.07) is 0.798. The molecule has 8 atom stereocenters. The van der Waals surface area contributed by atoms with Crippen LogP contribution >= 0.6 is 0 Å². The lowest BCUT2D eigenvalue weighted by Crippen LogP contribution is -2.54. The van der Waals surface area contributed by atoms with Crippen LogP contribution in [0.1, 0.15) is 72.1 Å². The third-order valence-electron chi connectivity index (χ3n) is 9.56. The Morgan fingerprint density at radius 2 is 1.76 bits per heavy atom. The molecule has 0 saturated heterocycles. The standard InChI is InChI=1S/C23H39NO/c1-6-18-21(25)14-20-17-8-7-15-13-16(24(4)5)9-11-22(15,2)19(17)10-12-23(18,20)3/h6,15-17,19-21,25H,7-14H2,1-5H3/b18-6-/t15?,16-,17-,19+,20+,21-,22+,23-/m1/s1. The van der Waals surface area contributed by atoms with Crippen LogP contribution < -0.4 is 0 Å². The Bertz CT molecular complexity index is 554. The maximum Gasteiger partial charge on any atom is 0.0758 e. The van der Waals surface area contributed by atoms with Crippen LogP contribution in [-0.2, 0) is 0 Å². The molecule has 0 spiro atoms. The van der Waals surface area contributed by atoms with E-state index in [4.69, 9.17) is 0 Å². The van der Waals surface area contributed by atoms with Crippen LogP contribution in [0, 0.1) is 34.5 Å². The fraction of sp³-hybridized carbons (Fsp3) is 0.913. The van der Waals surface area contributed by atoms with Gasteiger partial charge >= 0.3 is 0 Å². The third kappa shape index (κ3) is 2.50. The van der Waals surface area contributed by atoms with E-state index in [2.05, 4.69) is 45.8 Å². The van der Waals surface area contributed by atoms with Gasteiger partial charge < -0.3 is 10.0 Å². The Hall–Kier alpha value is -0.340. The molecule has 0 amide bonds. The lowest BCUT2D eigenvalue weighted by molar-refractivity contribution is -0.108. The summed E-state index contributed by atoms with van der Waals surface area (Å²) in [7, 11) is 4.53. The first kappa shape index (κ1) is 18.0. The zero-order valence-corrected chi connectivity index (χ0v) is 17.1. The molecule has 0 aromatic carbocycles. The molecule has 4 aliphatic carbocycles. The van der Waals surface area contributed by atoms with Gasteiger partial charge in [-0.3, -0.25) is 0 Å². The highest BCUT2D eigenvalue weighted by Gasteiger charge is 2.60. The number of rotatable bonds is 1. The first-order valence-corrected chi connectivity index (χ1v) is 10.8. The summed E-state index contributed by atoms with van der Waals surface area (Å²) in [5.41, 5.74) is 2.19. The minimum Gasteiger partial charge on any atom is -0.389 e. The SMILES string of the molecule is C/C=C1/[C@H](O)C[C@H]2[C@@H]3CCC4C[C@H](N(C)C)CC[C@]4(C)[C@H]3CC[C@]12C. The second-order valence-electron chi connectivity index (χ2n) is 10.5. The maximum absolute atomic E-state index is 10.7. The van der Waals surface area contributed by atoms with Crippen molar-refractivity contribution in [3.05, 3.63) is 11.6 Å². The summed E-state index contributed by atoms with van der Waals surface area (Å²) in [6.07, 6.45) is 12.8. The molecule has 0 radical (unpaired) electrons. The zero-order chi connectivity index (χ0) is 18.0. The van der Waals surface area contributed by atoms with Gasteiger partial charge in [0, 0.05) is 6.04 Å². The number of allylic oxidation sites excluding steroid dienone is 1. The molecule has 2 heteroatoms. The number of aliphatic hydroxyl groups excluding tert-OH is 1. The predicted octanol–water partition coefficient (Wildman–Crippen LogP) is 4.88. The summed E-state index contributed by atoms with van der Waals surface area (Å²) in [5.74, 6) is 3.39. The van der Waals surface area contributed by atoms with Gasteiger partial charge in [-0.2, -0.15) is 0 Å². The van der Waals surface area contributed by atoms with Crippen molar-refractivity contribution in [2.24, 2.45) is 34.5 Å². The zero-order valence-electron chi connectivity index (χ0n) is 17.1. The Morgan fingerprint density at radius 1 is 1.00 bits per heavy atom. The number of aliphatic hydroxyl groups is 1. The van der Waals surface area contributed by atoms with Crippen molar-refractivity contribution in [2.45, 2.75) is 84.3 Å². The Balaban J connectivity index is 1.60. The van der Waals surface area contributed by atoms with Crippen LogP contribution in [0.15, 0.2) is 11.6 Å². The largest absolute Gasteiger partial charge is 0.389 e. The summed E-state index contributed by atoms with van der Waals surface area (Å²) in [5, 5.41) is 10.7. The summed E-state index contributed by atoms with van der Waals surface area (Å²) in [6.45, 7) is 7.25. The Kier molecular flexibility index (Phi) is 4.40. The molecule has 0 heterocycles. The quantitative estimate of drug-likeness (QED) is 0.685. The van der Waals surface area contributed by atoms with Crippen molar-refractivity contribution >= 4 is 0 Å². The van der Waals surface area contributed by atoms with Crippen molar-refractivity contribution in [1.29, 1.82) is 0 Å². The molecule has 4 aliphatic rings. The van der Waals surface area contributed by atoms with E-state index in [1.54, 1.807) is 0 Å². The van der Waals surface area contributed by atoms with Gasteiger partial charge in [0.25, 0.3) is 0 Å². The van der Waals surface area contributed by atoms with Crippen LogP contribution in [0.25, 0.3) is 0 Å².